The van der Waals surface area contributed by atoms with Crippen molar-refractivity contribution in [2.24, 2.45) is 0 Å². The van der Waals surface area contributed by atoms with Crippen LogP contribution >= 0.6 is 11.8 Å². The average Bonchev–Trinajstić information content (AvgIpc) is 3.25. The molecule has 0 aliphatic carbocycles. The van der Waals surface area contributed by atoms with Crippen molar-refractivity contribution in [1.29, 1.82) is 0 Å². The lowest BCUT2D eigenvalue weighted by atomic mass is 9.98. The van der Waals surface area contributed by atoms with E-state index in [4.69, 9.17) is 14.2 Å². The summed E-state index contributed by atoms with van der Waals surface area (Å²) in [6, 6.07) is 7.48. The van der Waals surface area contributed by atoms with Crippen LogP contribution in [0.3, 0.4) is 0 Å². The Morgan fingerprint density at radius 3 is 2.68 bits per heavy atom. The molecule has 28 heavy (non-hydrogen) atoms. The second kappa shape index (κ2) is 8.31. The zero-order valence-electron chi connectivity index (χ0n) is 16.1. The van der Waals surface area contributed by atoms with Crippen molar-refractivity contribution in [2.75, 3.05) is 32.3 Å². The molecule has 3 heterocycles. The Morgan fingerprint density at radius 2 is 1.96 bits per heavy atom. The van der Waals surface area contributed by atoms with Gasteiger partial charge < -0.3 is 19.1 Å². The second-order valence-corrected chi connectivity index (χ2v) is 8.09. The molecule has 1 amide bonds. The van der Waals surface area contributed by atoms with E-state index in [0.29, 0.717) is 30.3 Å². The summed E-state index contributed by atoms with van der Waals surface area (Å²) >= 11 is 1.89. The van der Waals surface area contributed by atoms with Crippen LogP contribution in [0.2, 0.25) is 0 Å². The minimum absolute atomic E-state index is 0.00604. The van der Waals surface area contributed by atoms with Gasteiger partial charge in [-0.25, -0.2) is 4.98 Å². The fourth-order valence-corrected chi connectivity index (χ4v) is 4.72. The van der Waals surface area contributed by atoms with E-state index in [-0.39, 0.29) is 12.0 Å². The summed E-state index contributed by atoms with van der Waals surface area (Å²) in [5, 5.41) is 0. The van der Waals surface area contributed by atoms with Crippen LogP contribution in [0, 0.1) is 0 Å². The summed E-state index contributed by atoms with van der Waals surface area (Å²) in [6.07, 6.45) is 3.65. The van der Waals surface area contributed by atoms with Gasteiger partial charge in [0.15, 0.2) is 11.5 Å². The van der Waals surface area contributed by atoms with E-state index in [9.17, 15) is 4.79 Å². The van der Waals surface area contributed by atoms with E-state index >= 15 is 0 Å². The van der Waals surface area contributed by atoms with Crippen LogP contribution in [0.1, 0.15) is 27.9 Å². The molecule has 1 atom stereocenters. The topological polar surface area (TPSA) is 60.9 Å². The standard InChI is InChI=1S/C21H24N2O4S/c1-25-18-9-14-4-7-23(12-16(14)10-19(18)26-2)21(24)15-3-6-22-20(11-15)27-17-5-8-28-13-17/h3,6,9-11,17H,4-5,7-8,12-13H2,1-2H3. The largest absolute Gasteiger partial charge is 0.493 e. The van der Waals surface area contributed by atoms with Gasteiger partial charge in [-0.15, -0.1) is 0 Å². The normalized spacial score (nSPS) is 18.5. The number of pyridine rings is 1. The molecule has 1 aromatic carbocycles. The Balaban J connectivity index is 1.50. The number of benzene rings is 1. The first-order valence-electron chi connectivity index (χ1n) is 9.41. The van der Waals surface area contributed by atoms with Gasteiger partial charge in [0, 0.05) is 36.7 Å². The molecule has 2 aliphatic heterocycles. The molecule has 2 aromatic rings. The summed E-state index contributed by atoms with van der Waals surface area (Å²) in [5.41, 5.74) is 2.89. The number of methoxy groups -OCH3 is 2. The van der Waals surface area contributed by atoms with Gasteiger partial charge in [0.1, 0.15) is 6.10 Å². The Bertz CT molecular complexity index is 867. The molecule has 0 radical (unpaired) electrons. The molecule has 0 spiro atoms. The lowest BCUT2D eigenvalue weighted by Gasteiger charge is -2.29. The number of thioether (sulfide) groups is 1. The van der Waals surface area contributed by atoms with E-state index in [2.05, 4.69) is 4.98 Å². The molecule has 148 valence electrons. The van der Waals surface area contributed by atoms with Crippen LogP contribution in [-0.4, -0.2) is 54.2 Å². The van der Waals surface area contributed by atoms with Crippen molar-refractivity contribution in [3.05, 3.63) is 47.2 Å². The number of carbonyl (C=O) groups is 1. The molecule has 1 aromatic heterocycles. The van der Waals surface area contributed by atoms with Crippen molar-refractivity contribution >= 4 is 17.7 Å². The van der Waals surface area contributed by atoms with Crippen molar-refractivity contribution in [1.82, 2.24) is 9.88 Å². The van der Waals surface area contributed by atoms with Crippen LogP contribution in [0.4, 0.5) is 0 Å². The van der Waals surface area contributed by atoms with Gasteiger partial charge in [-0.2, -0.15) is 11.8 Å². The number of nitrogens with zero attached hydrogens (tertiary/aromatic N) is 2. The van der Waals surface area contributed by atoms with Crippen molar-refractivity contribution in [3.63, 3.8) is 0 Å². The zero-order chi connectivity index (χ0) is 19.5. The fourth-order valence-electron chi connectivity index (χ4n) is 3.62. The van der Waals surface area contributed by atoms with Gasteiger partial charge >= 0.3 is 0 Å². The number of carbonyl (C=O) groups excluding carboxylic acids is 1. The van der Waals surface area contributed by atoms with Crippen LogP contribution in [0.25, 0.3) is 0 Å². The van der Waals surface area contributed by atoms with Crippen molar-refractivity contribution < 1.29 is 19.0 Å². The third kappa shape index (κ3) is 3.90. The Kier molecular flexibility index (Phi) is 5.62. The average molecular weight is 401 g/mol. The first-order valence-corrected chi connectivity index (χ1v) is 10.6. The van der Waals surface area contributed by atoms with E-state index in [1.54, 1.807) is 32.5 Å². The Hall–Kier alpha value is -2.41. The Labute approximate surface area is 169 Å². The fraction of sp³-hybridized carbons (Fsp3) is 0.429. The highest BCUT2D eigenvalue weighted by Crippen LogP contribution is 2.33. The van der Waals surface area contributed by atoms with Crippen LogP contribution in [-0.2, 0) is 13.0 Å². The van der Waals surface area contributed by atoms with Crippen LogP contribution in [0.15, 0.2) is 30.5 Å². The second-order valence-electron chi connectivity index (χ2n) is 6.94. The van der Waals surface area contributed by atoms with E-state index in [1.807, 2.05) is 28.8 Å². The minimum atomic E-state index is -0.00604. The highest BCUT2D eigenvalue weighted by molar-refractivity contribution is 7.99. The monoisotopic (exact) mass is 400 g/mol. The molecular weight excluding hydrogens is 376 g/mol. The van der Waals surface area contributed by atoms with Crippen LogP contribution in [0.5, 0.6) is 17.4 Å². The van der Waals surface area contributed by atoms with Gasteiger partial charge in [-0.05, 0) is 47.9 Å². The molecular formula is C21H24N2O4S. The number of aromatic nitrogens is 1. The summed E-state index contributed by atoms with van der Waals surface area (Å²) in [5.74, 6) is 4.03. The smallest absolute Gasteiger partial charge is 0.254 e. The maximum Gasteiger partial charge on any atom is 0.254 e. The van der Waals surface area contributed by atoms with Crippen molar-refractivity contribution in [3.8, 4) is 17.4 Å². The van der Waals surface area contributed by atoms with E-state index in [1.165, 1.54) is 5.56 Å². The molecule has 7 heteroatoms. The summed E-state index contributed by atoms with van der Waals surface area (Å²) in [4.78, 5) is 19.2. The lowest BCUT2D eigenvalue weighted by Crippen LogP contribution is -2.36. The molecule has 2 aliphatic rings. The first-order chi connectivity index (χ1) is 13.7. The zero-order valence-corrected chi connectivity index (χ0v) is 17.0. The molecule has 0 saturated carbocycles. The van der Waals surface area contributed by atoms with Gasteiger partial charge in [-0.3, -0.25) is 4.79 Å². The molecule has 4 rings (SSSR count). The van der Waals surface area contributed by atoms with Gasteiger partial charge in [-0.1, -0.05) is 0 Å². The molecule has 0 bridgehead atoms. The van der Waals surface area contributed by atoms with Gasteiger partial charge in [0.25, 0.3) is 5.91 Å². The molecule has 6 nitrogen and oxygen atoms in total. The van der Waals surface area contributed by atoms with Crippen molar-refractivity contribution in [2.45, 2.75) is 25.5 Å². The maximum absolute atomic E-state index is 13.1. The third-order valence-electron chi connectivity index (χ3n) is 5.16. The predicted molar refractivity (Wildman–Crippen MR) is 109 cm³/mol. The quantitative estimate of drug-likeness (QED) is 0.768. The summed E-state index contributed by atoms with van der Waals surface area (Å²) < 4.78 is 16.7. The summed E-state index contributed by atoms with van der Waals surface area (Å²) in [6.45, 7) is 1.21. The third-order valence-corrected chi connectivity index (χ3v) is 6.29. The van der Waals surface area contributed by atoms with Gasteiger partial charge in [0.2, 0.25) is 5.88 Å². The molecule has 1 unspecified atom stereocenters. The SMILES string of the molecule is COc1cc2c(cc1OC)CN(C(=O)c1ccnc(OC3CCSC3)c1)CC2. The maximum atomic E-state index is 13.1. The Morgan fingerprint density at radius 1 is 1.18 bits per heavy atom. The number of fused-ring (bicyclic) bond motifs is 1. The number of rotatable bonds is 5. The number of hydrogen-bond acceptors (Lipinski definition) is 6. The van der Waals surface area contributed by atoms with Gasteiger partial charge in [0.05, 0.1) is 14.2 Å². The molecule has 1 saturated heterocycles. The predicted octanol–water partition coefficient (Wildman–Crippen LogP) is 3.18. The highest BCUT2D eigenvalue weighted by Gasteiger charge is 2.25. The number of hydrogen-bond donors (Lipinski definition) is 0. The molecule has 1 fully saturated rings. The lowest BCUT2D eigenvalue weighted by molar-refractivity contribution is 0.0733. The van der Waals surface area contributed by atoms with E-state index < -0.39 is 0 Å². The first kappa shape index (κ1) is 18.9. The molecule has 0 N–H and O–H groups in total. The number of amides is 1. The minimum Gasteiger partial charge on any atom is -0.493 e. The highest BCUT2D eigenvalue weighted by atomic mass is 32.2. The summed E-state index contributed by atoms with van der Waals surface area (Å²) in [7, 11) is 3.26. The number of ether oxygens (including phenoxy) is 3. The van der Waals surface area contributed by atoms with E-state index in [0.717, 1.165) is 35.7 Å². The van der Waals surface area contributed by atoms with Crippen LogP contribution < -0.4 is 14.2 Å².